The van der Waals surface area contributed by atoms with Crippen LogP contribution in [0, 0.1) is 6.92 Å². The Morgan fingerprint density at radius 3 is 2.92 bits per heavy atom. The molecule has 0 aromatic carbocycles. The molecule has 130 valence electrons. The van der Waals surface area contributed by atoms with Crippen molar-refractivity contribution in [3.63, 3.8) is 0 Å². The van der Waals surface area contributed by atoms with Gasteiger partial charge in [0.1, 0.15) is 15.4 Å². The molecule has 24 heavy (non-hydrogen) atoms. The fourth-order valence-corrected chi connectivity index (χ4v) is 3.88. The Morgan fingerprint density at radius 2 is 2.17 bits per heavy atom. The molecule has 0 radical (unpaired) electrons. The number of nitrogens with zero attached hydrogens (tertiary/aromatic N) is 4. The summed E-state index contributed by atoms with van der Waals surface area (Å²) in [4.78, 5) is 19.2. The van der Waals surface area contributed by atoms with E-state index in [0.29, 0.717) is 24.2 Å². The molecule has 3 rings (SSSR count). The molecule has 2 aromatic rings. The fraction of sp³-hybridized carbons (Fsp3) is 0.562. The van der Waals surface area contributed by atoms with Crippen LogP contribution in [-0.2, 0) is 9.84 Å². The summed E-state index contributed by atoms with van der Waals surface area (Å²) in [6.45, 7) is 2.52. The van der Waals surface area contributed by atoms with E-state index >= 15 is 0 Å². The van der Waals surface area contributed by atoms with E-state index in [9.17, 15) is 13.2 Å². The molecule has 1 aliphatic rings. The molecule has 3 heterocycles. The quantitative estimate of drug-likeness (QED) is 0.833. The van der Waals surface area contributed by atoms with Gasteiger partial charge in [0, 0.05) is 30.7 Å². The topological polar surface area (TPSA) is 84.6 Å². The van der Waals surface area contributed by atoms with E-state index in [1.54, 1.807) is 21.8 Å². The molecule has 0 saturated carbocycles. The zero-order chi connectivity index (χ0) is 17.3. The van der Waals surface area contributed by atoms with Crippen molar-refractivity contribution >= 4 is 21.4 Å². The highest BCUT2D eigenvalue weighted by Crippen LogP contribution is 2.23. The van der Waals surface area contributed by atoms with E-state index in [2.05, 4.69) is 10.1 Å². The molecule has 0 aliphatic carbocycles. The predicted octanol–water partition coefficient (Wildman–Crippen LogP) is 1.47. The highest BCUT2D eigenvalue weighted by Gasteiger charge is 2.30. The van der Waals surface area contributed by atoms with Gasteiger partial charge in [0.05, 0.1) is 11.9 Å². The maximum atomic E-state index is 13.0. The molecular formula is C16H22N4O3S. The van der Waals surface area contributed by atoms with Crippen LogP contribution in [0.3, 0.4) is 0 Å². The minimum absolute atomic E-state index is 0.0410. The lowest BCUT2D eigenvalue weighted by Gasteiger charge is -2.35. The Hall–Kier alpha value is -1.96. The van der Waals surface area contributed by atoms with Crippen molar-refractivity contribution in [2.75, 3.05) is 18.6 Å². The zero-order valence-corrected chi connectivity index (χ0v) is 14.8. The smallest absolute Gasteiger partial charge is 0.259 e. The molecule has 2 aromatic heterocycles. The van der Waals surface area contributed by atoms with Gasteiger partial charge in [0.25, 0.3) is 5.91 Å². The largest absolute Gasteiger partial charge is 0.335 e. The van der Waals surface area contributed by atoms with Gasteiger partial charge in [-0.05, 0) is 38.7 Å². The Kier molecular flexibility index (Phi) is 4.58. The third kappa shape index (κ3) is 3.58. The summed E-state index contributed by atoms with van der Waals surface area (Å²) in [7, 11) is -3.03. The number of hydrogen-bond donors (Lipinski definition) is 0. The highest BCUT2D eigenvalue weighted by molar-refractivity contribution is 7.90. The molecular weight excluding hydrogens is 328 g/mol. The molecule has 0 bridgehead atoms. The van der Waals surface area contributed by atoms with Gasteiger partial charge < -0.3 is 4.90 Å². The van der Waals surface area contributed by atoms with Crippen molar-refractivity contribution in [3.05, 3.63) is 29.7 Å². The lowest BCUT2D eigenvalue weighted by molar-refractivity contribution is 0.0610. The van der Waals surface area contributed by atoms with Crippen LogP contribution in [0.1, 0.15) is 41.7 Å². The maximum absolute atomic E-state index is 13.0. The molecule has 1 fully saturated rings. The van der Waals surface area contributed by atoms with Gasteiger partial charge in [-0.3, -0.25) is 4.79 Å². The van der Waals surface area contributed by atoms with Crippen molar-refractivity contribution in [1.29, 1.82) is 0 Å². The van der Waals surface area contributed by atoms with E-state index < -0.39 is 9.84 Å². The summed E-state index contributed by atoms with van der Waals surface area (Å²) < 4.78 is 24.5. The summed E-state index contributed by atoms with van der Waals surface area (Å²) in [5.74, 6) is -0.00518. The van der Waals surface area contributed by atoms with Gasteiger partial charge in [-0.15, -0.1) is 0 Å². The number of fused-ring (bicyclic) bond motifs is 1. The maximum Gasteiger partial charge on any atom is 0.259 e. The van der Waals surface area contributed by atoms with Crippen LogP contribution in [0.2, 0.25) is 0 Å². The van der Waals surface area contributed by atoms with Crippen LogP contribution in [0.5, 0.6) is 0 Å². The van der Waals surface area contributed by atoms with E-state index in [-0.39, 0.29) is 17.7 Å². The lowest BCUT2D eigenvalue weighted by Crippen LogP contribution is -2.44. The first-order valence-electron chi connectivity index (χ1n) is 8.15. The summed E-state index contributed by atoms with van der Waals surface area (Å²) >= 11 is 0. The number of likely N-dealkylation sites (tertiary alicyclic amines) is 1. The average molecular weight is 350 g/mol. The van der Waals surface area contributed by atoms with Gasteiger partial charge in [-0.1, -0.05) is 0 Å². The molecule has 1 atom stereocenters. The average Bonchev–Trinajstić information content (AvgIpc) is 2.95. The van der Waals surface area contributed by atoms with Crippen molar-refractivity contribution in [1.82, 2.24) is 19.5 Å². The molecule has 1 saturated heterocycles. The van der Waals surface area contributed by atoms with Crippen LogP contribution < -0.4 is 0 Å². The Bertz CT molecular complexity index is 859. The Labute approximate surface area is 141 Å². The summed E-state index contributed by atoms with van der Waals surface area (Å²) in [6, 6.07) is 1.80. The molecule has 7 nitrogen and oxygen atoms in total. The molecule has 0 N–H and O–H groups in total. The number of piperidine rings is 1. The second-order valence-electron chi connectivity index (χ2n) is 6.46. The van der Waals surface area contributed by atoms with Crippen LogP contribution in [0.25, 0.3) is 5.65 Å². The van der Waals surface area contributed by atoms with Gasteiger partial charge in [0.15, 0.2) is 5.65 Å². The zero-order valence-electron chi connectivity index (χ0n) is 14.0. The monoisotopic (exact) mass is 350 g/mol. The first-order chi connectivity index (χ1) is 11.3. The van der Waals surface area contributed by atoms with E-state index in [1.165, 1.54) is 6.26 Å². The predicted molar refractivity (Wildman–Crippen MR) is 90.7 cm³/mol. The first kappa shape index (κ1) is 16.9. The first-order valence-corrected chi connectivity index (χ1v) is 10.2. The second-order valence-corrected chi connectivity index (χ2v) is 8.72. The number of carbonyl (C=O) groups is 1. The third-order valence-corrected chi connectivity index (χ3v) is 5.43. The van der Waals surface area contributed by atoms with Crippen molar-refractivity contribution < 1.29 is 13.2 Å². The normalized spacial score (nSPS) is 18.9. The van der Waals surface area contributed by atoms with Crippen molar-refractivity contribution in [3.8, 4) is 0 Å². The molecule has 0 spiro atoms. The standard InChI is InChI=1S/C16H22N4O3S/c1-12-6-9-20-15(18-12)14(11-17-20)16(21)19-8-4-3-5-13(19)7-10-24(2,22)23/h6,9,11,13H,3-5,7-8,10H2,1-2H3. The minimum Gasteiger partial charge on any atom is -0.335 e. The second kappa shape index (κ2) is 6.51. The summed E-state index contributed by atoms with van der Waals surface area (Å²) in [6.07, 6.45) is 7.85. The molecule has 1 unspecified atom stereocenters. The molecule has 1 aliphatic heterocycles. The third-order valence-electron chi connectivity index (χ3n) is 4.45. The van der Waals surface area contributed by atoms with Gasteiger partial charge in [0.2, 0.25) is 0 Å². The molecule has 1 amide bonds. The van der Waals surface area contributed by atoms with Gasteiger partial charge in [-0.2, -0.15) is 5.10 Å². The van der Waals surface area contributed by atoms with Crippen LogP contribution >= 0.6 is 0 Å². The number of aromatic nitrogens is 3. The molecule has 8 heteroatoms. The van der Waals surface area contributed by atoms with Crippen LogP contribution in [0.15, 0.2) is 18.5 Å². The van der Waals surface area contributed by atoms with E-state index in [1.807, 2.05) is 13.0 Å². The SMILES string of the molecule is Cc1ccn2ncc(C(=O)N3CCCCC3CCS(C)(=O)=O)c2n1. The fourth-order valence-electron chi connectivity index (χ4n) is 3.18. The van der Waals surface area contributed by atoms with Crippen LogP contribution in [0.4, 0.5) is 0 Å². The number of hydrogen-bond acceptors (Lipinski definition) is 5. The van der Waals surface area contributed by atoms with Crippen LogP contribution in [-0.4, -0.2) is 58.4 Å². The van der Waals surface area contributed by atoms with Crippen molar-refractivity contribution in [2.45, 2.75) is 38.6 Å². The minimum atomic E-state index is -3.03. The lowest BCUT2D eigenvalue weighted by atomic mass is 9.99. The van der Waals surface area contributed by atoms with E-state index in [0.717, 1.165) is 25.0 Å². The Morgan fingerprint density at radius 1 is 1.38 bits per heavy atom. The number of aryl methyl sites for hydroxylation is 1. The highest BCUT2D eigenvalue weighted by atomic mass is 32.2. The van der Waals surface area contributed by atoms with Crippen molar-refractivity contribution in [2.24, 2.45) is 0 Å². The number of carbonyl (C=O) groups excluding carboxylic acids is 1. The number of amides is 1. The van der Waals surface area contributed by atoms with Gasteiger partial charge >= 0.3 is 0 Å². The van der Waals surface area contributed by atoms with E-state index in [4.69, 9.17) is 0 Å². The Balaban J connectivity index is 1.86. The van der Waals surface area contributed by atoms with Gasteiger partial charge in [-0.25, -0.2) is 17.9 Å². The summed E-state index contributed by atoms with van der Waals surface area (Å²) in [5.41, 5.74) is 1.85. The number of rotatable bonds is 4. The summed E-state index contributed by atoms with van der Waals surface area (Å²) in [5, 5.41) is 4.20. The number of sulfone groups is 1.